The maximum Gasteiger partial charge on any atom is 0.428 e. The Morgan fingerprint density at radius 2 is 1.40 bits per heavy atom. The molecule has 298 valence electrons. The van der Waals surface area contributed by atoms with Crippen LogP contribution < -0.4 is 5.32 Å². The third-order valence-electron chi connectivity index (χ3n) is 12.2. The molecule has 4 heterocycles. The van der Waals surface area contributed by atoms with Crippen molar-refractivity contribution < 1.29 is 18.9 Å². The molecule has 1 unspecified atom stereocenters. The largest absolute Gasteiger partial charge is 0.428 e. The molecule has 0 radical (unpaired) electrons. The Kier molecular flexibility index (Phi) is 10.9. The molecular weight excluding hydrogens is 725 g/mol. The summed E-state index contributed by atoms with van der Waals surface area (Å²) in [5, 5.41) is 4.10. The SMILES string of the molecule is C[C@@H]1CCC[N+]1(C(=O)Nc1ccc2[nH]c(-c3ccc(-c4cnc([C@@H]5CCCN5C(=O)[C@@H](c5ccccc5)N(C)C)[nH]4)cc3)cc2c1)C(=O)[C@@H](c1ccccc1)N(C)C. The number of hydrogen-bond acceptors (Lipinski definition) is 6. The number of likely N-dealkylation sites (N-methyl/N-ethyl adjacent to an activating group) is 2. The number of nitrogens with zero attached hydrogens (tertiary/aromatic N) is 5. The van der Waals surface area contributed by atoms with Gasteiger partial charge in [0.2, 0.25) is 5.91 Å². The van der Waals surface area contributed by atoms with Gasteiger partial charge in [-0.1, -0.05) is 84.9 Å². The quantitative estimate of drug-likeness (QED) is 0.120. The number of rotatable bonds is 10. The van der Waals surface area contributed by atoms with E-state index < -0.39 is 6.04 Å². The van der Waals surface area contributed by atoms with Gasteiger partial charge in [-0.2, -0.15) is 4.48 Å². The van der Waals surface area contributed by atoms with Crippen LogP contribution in [0.3, 0.4) is 0 Å². The van der Waals surface area contributed by atoms with Gasteiger partial charge >= 0.3 is 11.9 Å². The molecule has 2 aromatic heterocycles. The first-order valence-corrected chi connectivity index (χ1v) is 20.3. The number of nitrogens with one attached hydrogen (secondary N) is 3. The minimum Gasteiger partial charge on any atom is -0.355 e. The van der Waals surface area contributed by atoms with Crippen LogP contribution in [0.1, 0.15) is 67.7 Å². The van der Waals surface area contributed by atoms with Crippen molar-refractivity contribution >= 4 is 34.4 Å². The maximum atomic E-state index is 14.5. The Morgan fingerprint density at radius 3 is 2.02 bits per heavy atom. The Morgan fingerprint density at radius 1 is 0.759 bits per heavy atom. The highest BCUT2D eigenvalue weighted by atomic mass is 16.2. The number of carbonyl (C=O) groups is 3. The summed E-state index contributed by atoms with van der Waals surface area (Å²) in [6.45, 7) is 3.19. The summed E-state index contributed by atoms with van der Waals surface area (Å²) in [7, 11) is 7.69. The first-order valence-electron chi connectivity index (χ1n) is 20.3. The molecule has 0 aliphatic carbocycles. The average molecular weight is 778 g/mol. The predicted molar refractivity (Wildman–Crippen MR) is 229 cm³/mol. The van der Waals surface area contributed by atoms with Gasteiger partial charge in [-0.25, -0.2) is 14.6 Å². The topological polar surface area (TPSA) is 117 Å². The van der Waals surface area contributed by atoms with Gasteiger partial charge in [-0.15, -0.1) is 0 Å². The van der Waals surface area contributed by atoms with Gasteiger partial charge in [0.05, 0.1) is 24.5 Å². The molecule has 2 fully saturated rings. The molecule has 4 amide bonds. The van der Waals surface area contributed by atoms with E-state index in [1.54, 1.807) is 0 Å². The Bertz CT molecular complexity index is 2410. The lowest BCUT2D eigenvalue weighted by Crippen LogP contribution is -2.63. The van der Waals surface area contributed by atoms with E-state index in [9.17, 15) is 14.4 Å². The van der Waals surface area contributed by atoms with Crippen LogP contribution in [0.4, 0.5) is 10.5 Å². The number of H-pyrrole nitrogens is 2. The van der Waals surface area contributed by atoms with Crippen molar-refractivity contribution in [3.8, 4) is 22.5 Å². The summed E-state index contributed by atoms with van der Waals surface area (Å²) in [5.41, 5.74) is 7.33. The summed E-state index contributed by atoms with van der Waals surface area (Å²) in [6.07, 6.45) is 5.26. The lowest BCUT2D eigenvalue weighted by atomic mass is 10.0. The standard InChI is InChI=1S/C47H52N8O3/c1-31-14-13-27-55(31,46(57)43(53(4)5)35-17-10-7-11-18-35)47(58)49-37-24-25-38-36(28-37)29-39(50-38)32-20-22-33(23-21-32)40-30-48-44(51-40)41-19-12-26-54(41)45(56)42(52(2)3)34-15-8-6-9-16-34/h6-11,15-18,20-25,28-31,41-43,50H,12-14,19,26-27H2,1-5H3,(H-,48,49,51,58)/p+1/t31-,41+,42-,43-,55?/m1/s1. The van der Waals surface area contributed by atoms with Gasteiger partial charge in [-0.05, 0) is 94.5 Å². The van der Waals surface area contributed by atoms with Crippen molar-refractivity contribution in [3.63, 3.8) is 0 Å². The van der Waals surface area contributed by atoms with Gasteiger partial charge in [0, 0.05) is 41.7 Å². The minimum absolute atomic E-state index is 0.0902. The highest BCUT2D eigenvalue weighted by Crippen LogP contribution is 2.37. The van der Waals surface area contributed by atoms with Crippen molar-refractivity contribution in [1.82, 2.24) is 29.7 Å². The average Bonchev–Trinajstić information content (AvgIpc) is 4.05. The Labute approximate surface area is 340 Å². The number of carbonyl (C=O) groups excluding carboxylic acids is 3. The lowest BCUT2D eigenvalue weighted by molar-refractivity contribution is -0.783. The molecule has 0 bridgehead atoms. The van der Waals surface area contributed by atoms with Crippen LogP contribution in [0, 0.1) is 0 Å². The molecule has 0 spiro atoms. The number of imide groups is 1. The van der Waals surface area contributed by atoms with Crippen molar-refractivity contribution in [2.24, 2.45) is 0 Å². The molecule has 2 saturated heterocycles. The van der Waals surface area contributed by atoms with Crippen LogP contribution >= 0.6 is 0 Å². The van der Waals surface area contributed by atoms with Crippen LogP contribution in [-0.4, -0.2) is 99.3 Å². The molecular formula is C47H53N8O3+. The second-order valence-electron chi connectivity index (χ2n) is 16.3. The first-order chi connectivity index (χ1) is 28.0. The number of anilines is 1. The minimum atomic E-state index is -0.543. The highest BCUT2D eigenvalue weighted by molar-refractivity contribution is 5.97. The normalized spacial score (nSPS) is 20.5. The molecule has 0 saturated carbocycles. The summed E-state index contributed by atoms with van der Waals surface area (Å²) in [5.74, 6) is 0.790. The number of quaternary nitrogens is 1. The molecule has 2 aliphatic heterocycles. The monoisotopic (exact) mass is 777 g/mol. The molecule has 4 aromatic carbocycles. The number of hydrogen-bond donors (Lipinski definition) is 3. The van der Waals surface area contributed by atoms with Gasteiger partial charge in [0.25, 0.3) is 0 Å². The fraction of sp³-hybridized carbons (Fsp3) is 0.319. The Hall–Kier alpha value is -5.88. The molecule has 11 heteroatoms. The van der Waals surface area contributed by atoms with Gasteiger partial charge in [0.1, 0.15) is 17.9 Å². The van der Waals surface area contributed by atoms with E-state index in [-0.39, 0.29) is 40.5 Å². The summed E-state index contributed by atoms with van der Waals surface area (Å²) >= 11 is 0. The molecule has 5 atom stereocenters. The molecule has 11 nitrogen and oxygen atoms in total. The number of aromatic nitrogens is 3. The molecule has 58 heavy (non-hydrogen) atoms. The molecule has 3 N–H and O–H groups in total. The molecule has 2 aliphatic rings. The fourth-order valence-corrected chi connectivity index (χ4v) is 9.16. The van der Waals surface area contributed by atoms with E-state index in [0.29, 0.717) is 18.8 Å². The van der Waals surface area contributed by atoms with E-state index in [0.717, 1.165) is 76.1 Å². The van der Waals surface area contributed by atoms with E-state index in [1.165, 1.54) is 0 Å². The number of aromatic amines is 2. The zero-order chi connectivity index (χ0) is 40.6. The van der Waals surface area contributed by atoms with Gasteiger partial charge in [-0.3, -0.25) is 19.9 Å². The summed E-state index contributed by atoms with van der Waals surface area (Å²) in [4.78, 5) is 60.4. The van der Waals surface area contributed by atoms with Crippen molar-refractivity contribution in [2.45, 2.75) is 56.8 Å². The highest BCUT2D eigenvalue weighted by Gasteiger charge is 2.55. The fourth-order valence-electron chi connectivity index (χ4n) is 9.16. The zero-order valence-corrected chi connectivity index (χ0v) is 34.0. The summed E-state index contributed by atoms with van der Waals surface area (Å²) in [6, 6.07) is 34.5. The van der Waals surface area contributed by atoms with E-state index in [1.807, 2.05) is 135 Å². The number of benzene rings is 4. The third kappa shape index (κ3) is 7.25. The second kappa shape index (κ2) is 16.2. The van der Waals surface area contributed by atoms with E-state index in [2.05, 4.69) is 45.6 Å². The molecule has 6 aromatic rings. The number of urea groups is 1. The Balaban J connectivity index is 0.975. The number of likely N-dealkylation sites (tertiary alicyclic amines) is 2. The predicted octanol–water partition coefficient (Wildman–Crippen LogP) is 8.55. The molecule has 8 rings (SSSR count). The smallest absolute Gasteiger partial charge is 0.355 e. The van der Waals surface area contributed by atoms with Crippen LogP contribution in [0.15, 0.2) is 115 Å². The van der Waals surface area contributed by atoms with Crippen LogP contribution in [0.5, 0.6) is 0 Å². The van der Waals surface area contributed by atoms with Crippen molar-refractivity contribution in [3.05, 3.63) is 132 Å². The van der Waals surface area contributed by atoms with Crippen molar-refractivity contribution in [1.29, 1.82) is 0 Å². The zero-order valence-electron chi connectivity index (χ0n) is 34.0. The van der Waals surface area contributed by atoms with Crippen LogP contribution in [0.25, 0.3) is 33.4 Å². The maximum absolute atomic E-state index is 14.5. The first kappa shape index (κ1) is 39.0. The van der Waals surface area contributed by atoms with Crippen LogP contribution in [-0.2, 0) is 9.59 Å². The van der Waals surface area contributed by atoms with E-state index >= 15 is 0 Å². The van der Waals surface area contributed by atoms with Gasteiger partial charge in [0.15, 0.2) is 6.04 Å². The number of imidazole rings is 1. The number of fused-ring (bicyclic) bond motifs is 1. The van der Waals surface area contributed by atoms with Gasteiger partial charge < -0.3 is 14.9 Å². The lowest BCUT2D eigenvalue weighted by Gasteiger charge is -2.37. The summed E-state index contributed by atoms with van der Waals surface area (Å²) < 4.78 is -0.236. The van der Waals surface area contributed by atoms with Crippen LogP contribution in [0.2, 0.25) is 0 Å². The van der Waals surface area contributed by atoms with E-state index in [4.69, 9.17) is 4.98 Å². The van der Waals surface area contributed by atoms with Crippen molar-refractivity contribution in [2.75, 3.05) is 46.6 Å². The third-order valence-corrected chi connectivity index (χ3v) is 12.2. The second-order valence-corrected chi connectivity index (χ2v) is 16.3. The number of amides is 4.